The zero-order valence-electron chi connectivity index (χ0n) is 10.2. The van der Waals surface area contributed by atoms with Crippen LogP contribution in [0.4, 0.5) is 0 Å². The van der Waals surface area contributed by atoms with Gasteiger partial charge in [-0.15, -0.1) is 0 Å². The summed E-state index contributed by atoms with van der Waals surface area (Å²) in [4.78, 5) is 13.3. The fourth-order valence-corrected chi connectivity index (χ4v) is 2.09. The molecule has 1 fully saturated rings. The maximum Gasteiger partial charge on any atom is 0.248 e. The smallest absolute Gasteiger partial charge is 0.248 e. The molecule has 0 spiro atoms. The fraction of sp³-hybridized carbons (Fsp3) is 0.917. The van der Waals surface area contributed by atoms with Gasteiger partial charge in [-0.2, -0.15) is 0 Å². The van der Waals surface area contributed by atoms with Gasteiger partial charge in [0.1, 0.15) is 6.61 Å². The Labute approximate surface area is 97.6 Å². The number of aliphatic hydroxyl groups is 1. The first kappa shape index (κ1) is 13.5. The van der Waals surface area contributed by atoms with E-state index < -0.39 is 0 Å². The second-order valence-electron chi connectivity index (χ2n) is 4.27. The van der Waals surface area contributed by atoms with Gasteiger partial charge in [0.15, 0.2) is 0 Å². The molecule has 1 saturated carbocycles. The van der Waals surface area contributed by atoms with Crippen LogP contribution in [-0.2, 0) is 9.53 Å². The first-order valence-corrected chi connectivity index (χ1v) is 6.28. The first-order valence-electron chi connectivity index (χ1n) is 6.28. The minimum absolute atomic E-state index is 0.0119. The van der Waals surface area contributed by atoms with E-state index in [0.717, 1.165) is 12.8 Å². The summed E-state index contributed by atoms with van der Waals surface area (Å²) < 4.78 is 5.60. The van der Waals surface area contributed by atoms with Crippen molar-refractivity contribution in [2.45, 2.75) is 45.1 Å². The van der Waals surface area contributed by atoms with Crippen molar-refractivity contribution in [1.82, 2.24) is 4.90 Å². The minimum atomic E-state index is -0.0119. The summed E-state index contributed by atoms with van der Waals surface area (Å²) >= 11 is 0. The van der Waals surface area contributed by atoms with E-state index in [1.807, 2.05) is 6.92 Å². The summed E-state index contributed by atoms with van der Waals surface area (Å²) in [5.41, 5.74) is 0. The predicted molar refractivity (Wildman–Crippen MR) is 62.2 cm³/mol. The molecule has 0 radical (unpaired) electrons. The predicted octanol–water partition coefficient (Wildman–Crippen LogP) is 1.18. The molecular formula is C12H23NO3. The summed E-state index contributed by atoms with van der Waals surface area (Å²) in [5.74, 6) is -0.0119. The molecule has 1 aliphatic carbocycles. The molecule has 0 heterocycles. The zero-order chi connectivity index (χ0) is 11.8. The number of carbonyl (C=O) groups is 1. The van der Waals surface area contributed by atoms with Gasteiger partial charge in [-0.05, 0) is 19.8 Å². The van der Waals surface area contributed by atoms with Gasteiger partial charge in [-0.25, -0.2) is 0 Å². The van der Waals surface area contributed by atoms with E-state index in [4.69, 9.17) is 9.84 Å². The topological polar surface area (TPSA) is 49.8 Å². The molecule has 1 rings (SSSR count). The zero-order valence-corrected chi connectivity index (χ0v) is 10.2. The molecule has 0 unspecified atom stereocenters. The molecule has 0 aromatic heterocycles. The lowest BCUT2D eigenvalue weighted by Gasteiger charge is -2.24. The number of carbonyl (C=O) groups excluding carboxylic acids is 1. The minimum Gasteiger partial charge on any atom is -0.395 e. The van der Waals surface area contributed by atoms with E-state index in [-0.39, 0.29) is 25.2 Å². The molecule has 0 aliphatic heterocycles. The molecule has 94 valence electrons. The van der Waals surface area contributed by atoms with Crippen LogP contribution >= 0.6 is 0 Å². The van der Waals surface area contributed by atoms with Gasteiger partial charge >= 0.3 is 0 Å². The van der Waals surface area contributed by atoms with E-state index in [9.17, 15) is 4.79 Å². The van der Waals surface area contributed by atoms with Crippen LogP contribution < -0.4 is 0 Å². The summed E-state index contributed by atoms with van der Waals surface area (Å²) in [6.07, 6.45) is 6.16. The Morgan fingerprint density at radius 3 is 2.62 bits per heavy atom. The molecule has 1 aliphatic rings. The Hall–Kier alpha value is -0.610. The second-order valence-corrected chi connectivity index (χ2v) is 4.27. The Morgan fingerprint density at radius 2 is 2.06 bits per heavy atom. The van der Waals surface area contributed by atoms with Crippen LogP contribution in [0.5, 0.6) is 0 Å². The molecule has 0 saturated heterocycles. The van der Waals surface area contributed by atoms with E-state index in [1.165, 1.54) is 19.3 Å². The number of ether oxygens (including phenoxy) is 1. The first-order chi connectivity index (χ1) is 7.77. The van der Waals surface area contributed by atoms with Gasteiger partial charge in [0, 0.05) is 13.1 Å². The van der Waals surface area contributed by atoms with Crippen molar-refractivity contribution in [2.24, 2.45) is 0 Å². The van der Waals surface area contributed by atoms with E-state index in [0.29, 0.717) is 13.1 Å². The van der Waals surface area contributed by atoms with Gasteiger partial charge in [-0.1, -0.05) is 19.3 Å². The van der Waals surface area contributed by atoms with Gasteiger partial charge in [0.25, 0.3) is 0 Å². The van der Waals surface area contributed by atoms with Crippen LogP contribution in [0.25, 0.3) is 0 Å². The summed E-state index contributed by atoms with van der Waals surface area (Å²) in [6, 6.07) is 0. The average Bonchev–Trinajstić information content (AvgIpc) is 2.34. The number of amides is 1. The van der Waals surface area contributed by atoms with Crippen molar-refractivity contribution in [3.63, 3.8) is 0 Å². The molecule has 0 aromatic rings. The fourth-order valence-electron chi connectivity index (χ4n) is 2.09. The highest BCUT2D eigenvalue weighted by atomic mass is 16.5. The average molecular weight is 229 g/mol. The van der Waals surface area contributed by atoms with Crippen molar-refractivity contribution >= 4 is 5.91 Å². The van der Waals surface area contributed by atoms with Crippen molar-refractivity contribution in [3.8, 4) is 0 Å². The van der Waals surface area contributed by atoms with Crippen LogP contribution in [-0.4, -0.2) is 48.3 Å². The molecule has 0 aromatic carbocycles. The largest absolute Gasteiger partial charge is 0.395 e. The van der Waals surface area contributed by atoms with Crippen molar-refractivity contribution < 1.29 is 14.6 Å². The Kier molecular flexibility index (Phi) is 6.42. The third-order valence-electron chi connectivity index (χ3n) is 3.10. The number of hydrogen-bond acceptors (Lipinski definition) is 3. The molecule has 1 amide bonds. The van der Waals surface area contributed by atoms with E-state index in [2.05, 4.69) is 0 Å². The highest BCUT2D eigenvalue weighted by molar-refractivity contribution is 5.77. The molecule has 16 heavy (non-hydrogen) atoms. The number of hydrogen-bond donors (Lipinski definition) is 1. The lowest BCUT2D eigenvalue weighted by Crippen LogP contribution is -2.37. The molecule has 0 atom stereocenters. The third-order valence-corrected chi connectivity index (χ3v) is 3.10. The van der Waals surface area contributed by atoms with Crippen LogP contribution in [0.1, 0.15) is 39.0 Å². The summed E-state index contributed by atoms with van der Waals surface area (Å²) in [5, 5.41) is 8.80. The van der Waals surface area contributed by atoms with Crippen LogP contribution in [0.2, 0.25) is 0 Å². The Morgan fingerprint density at radius 1 is 1.38 bits per heavy atom. The van der Waals surface area contributed by atoms with Crippen molar-refractivity contribution in [1.29, 1.82) is 0 Å². The monoisotopic (exact) mass is 229 g/mol. The SMILES string of the molecule is CCN(CCO)C(=O)COC1CCCCC1. The number of nitrogens with zero attached hydrogens (tertiary/aromatic N) is 1. The lowest BCUT2D eigenvalue weighted by atomic mass is 9.98. The number of likely N-dealkylation sites (N-methyl/N-ethyl adjacent to an activating group) is 1. The highest BCUT2D eigenvalue weighted by Gasteiger charge is 2.17. The van der Waals surface area contributed by atoms with Crippen LogP contribution in [0.15, 0.2) is 0 Å². The van der Waals surface area contributed by atoms with Crippen LogP contribution in [0.3, 0.4) is 0 Å². The number of rotatable bonds is 6. The molecular weight excluding hydrogens is 206 g/mol. The lowest BCUT2D eigenvalue weighted by molar-refractivity contribution is -0.139. The Balaban J connectivity index is 2.21. The van der Waals surface area contributed by atoms with Gasteiger partial charge in [0.2, 0.25) is 5.91 Å². The van der Waals surface area contributed by atoms with E-state index >= 15 is 0 Å². The quantitative estimate of drug-likeness (QED) is 0.744. The van der Waals surface area contributed by atoms with Gasteiger partial charge < -0.3 is 14.7 Å². The van der Waals surface area contributed by atoms with Gasteiger partial charge in [0.05, 0.1) is 12.7 Å². The highest BCUT2D eigenvalue weighted by Crippen LogP contribution is 2.20. The number of aliphatic hydroxyl groups excluding tert-OH is 1. The molecule has 4 nitrogen and oxygen atoms in total. The second kappa shape index (κ2) is 7.63. The van der Waals surface area contributed by atoms with Crippen LogP contribution in [0, 0.1) is 0 Å². The van der Waals surface area contributed by atoms with Crippen molar-refractivity contribution in [2.75, 3.05) is 26.3 Å². The summed E-state index contributed by atoms with van der Waals surface area (Å²) in [6.45, 7) is 3.13. The van der Waals surface area contributed by atoms with Gasteiger partial charge in [-0.3, -0.25) is 4.79 Å². The molecule has 0 bridgehead atoms. The maximum atomic E-state index is 11.7. The molecule has 1 N–H and O–H groups in total. The summed E-state index contributed by atoms with van der Waals surface area (Å²) in [7, 11) is 0. The van der Waals surface area contributed by atoms with E-state index in [1.54, 1.807) is 4.90 Å². The third kappa shape index (κ3) is 4.49. The molecule has 4 heteroatoms. The van der Waals surface area contributed by atoms with Crippen molar-refractivity contribution in [3.05, 3.63) is 0 Å². The maximum absolute atomic E-state index is 11.7. The Bertz CT molecular complexity index is 202. The normalized spacial score (nSPS) is 17.4. The standard InChI is InChI=1S/C12H23NO3/c1-2-13(8-9-14)12(15)10-16-11-6-4-3-5-7-11/h11,14H,2-10H2,1H3.